The Hall–Kier alpha value is -0.840. The predicted octanol–water partition coefficient (Wildman–Crippen LogP) is 3.22. The standard InChI is InChI=1S/C15H22BrN3O/c1-3-19-14(13(16)8-17-19)15(20)18-9(2)12-7-10-4-5-11(12)6-10/h8-12H,3-7H2,1-2H3,(H,18,20)/t9-,10-,11-,12-/m0/s1. The van der Waals surface area contributed by atoms with E-state index < -0.39 is 0 Å². The van der Waals surface area contributed by atoms with Gasteiger partial charge in [0.2, 0.25) is 0 Å². The number of aryl methyl sites for hydroxylation is 1. The van der Waals surface area contributed by atoms with Crippen molar-refractivity contribution in [3.05, 3.63) is 16.4 Å². The van der Waals surface area contributed by atoms with Crippen molar-refractivity contribution in [3.63, 3.8) is 0 Å². The van der Waals surface area contributed by atoms with E-state index in [1.165, 1.54) is 25.7 Å². The van der Waals surface area contributed by atoms with Crippen molar-refractivity contribution >= 4 is 21.8 Å². The molecule has 5 heteroatoms. The number of carbonyl (C=O) groups is 1. The first-order valence-corrected chi connectivity index (χ1v) is 8.41. The highest BCUT2D eigenvalue weighted by molar-refractivity contribution is 9.10. The lowest BCUT2D eigenvalue weighted by atomic mass is 9.84. The van der Waals surface area contributed by atoms with Crippen molar-refractivity contribution < 1.29 is 4.79 Å². The highest BCUT2D eigenvalue weighted by Crippen LogP contribution is 2.49. The summed E-state index contributed by atoms with van der Waals surface area (Å²) in [4.78, 5) is 12.5. The molecular formula is C15H22BrN3O. The van der Waals surface area contributed by atoms with Gasteiger partial charge in [0.1, 0.15) is 5.69 Å². The maximum atomic E-state index is 12.5. The van der Waals surface area contributed by atoms with E-state index in [0.717, 1.165) is 16.3 Å². The third-order valence-electron chi connectivity index (χ3n) is 5.10. The Bertz CT molecular complexity index is 513. The molecule has 3 rings (SSSR count). The fourth-order valence-electron chi connectivity index (χ4n) is 4.12. The molecule has 0 saturated heterocycles. The van der Waals surface area contributed by atoms with Crippen LogP contribution >= 0.6 is 15.9 Å². The molecule has 1 amide bonds. The number of amides is 1. The average Bonchev–Trinajstić information content (AvgIpc) is 3.12. The Labute approximate surface area is 128 Å². The smallest absolute Gasteiger partial charge is 0.270 e. The number of rotatable bonds is 4. The van der Waals surface area contributed by atoms with E-state index >= 15 is 0 Å². The monoisotopic (exact) mass is 339 g/mol. The summed E-state index contributed by atoms with van der Waals surface area (Å²) < 4.78 is 2.52. The molecule has 2 aliphatic carbocycles. The number of aromatic nitrogens is 2. The van der Waals surface area contributed by atoms with E-state index in [9.17, 15) is 4.79 Å². The lowest BCUT2D eigenvalue weighted by Gasteiger charge is -2.28. The predicted molar refractivity (Wildman–Crippen MR) is 81.5 cm³/mol. The lowest BCUT2D eigenvalue weighted by Crippen LogP contribution is -2.41. The summed E-state index contributed by atoms with van der Waals surface area (Å²) in [7, 11) is 0. The molecule has 0 aromatic carbocycles. The van der Waals surface area contributed by atoms with Crippen molar-refractivity contribution in [1.82, 2.24) is 15.1 Å². The summed E-state index contributed by atoms with van der Waals surface area (Å²) in [5.41, 5.74) is 0.641. The maximum Gasteiger partial charge on any atom is 0.270 e. The quantitative estimate of drug-likeness (QED) is 0.915. The molecule has 2 fully saturated rings. The van der Waals surface area contributed by atoms with Gasteiger partial charge in [0, 0.05) is 12.6 Å². The van der Waals surface area contributed by atoms with Gasteiger partial charge in [0.25, 0.3) is 5.91 Å². The fourth-order valence-corrected chi connectivity index (χ4v) is 4.59. The van der Waals surface area contributed by atoms with Crippen LogP contribution in [0.3, 0.4) is 0 Å². The Morgan fingerprint density at radius 2 is 2.35 bits per heavy atom. The molecule has 0 spiro atoms. The second-order valence-corrected chi connectivity index (χ2v) is 7.11. The number of halogens is 1. The first-order chi connectivity index (χ1) is 9.60. The third-order valence-corrected chi connectivity index (χ3v) is 5.68. The first-order valence-electron chi connectivity index (χ1n) is 7.62. The molecule has 4 atom stereocenters. The van der Waals surface area contributed by atoms with Gasteiger partial charge < -0.3 is 5.32 Å². The number of nitrogens with one attached hydrogen (secondary N) is 1. The van der Waals surface area contributed by atoms with Gasteiger partial charge in [-0.15, -0.1) is 0 Å². The van der Waals surface area contributed by atoms with Crippen LogP contribution in [0.5, 0.6) is 0 Å². The topological polar surface area (TPSA) is 46.9 Å². The zero-order valence-corrected chi connectivity index (χ0v) is 13.7. The van der Waals surface area contributed by atoms with Gasteiger partial charge in [-0.2, -0.15) is 5.10 Å². The minimum atomic E-state index is -0.00787. The molecule has 110 valence electrons. The molecular weight excluding hydrogens is 318 g/mol. The molecule has 0 unspecified atom stereocenters. The fraction of sp³-hybridized carbons (Fsp3) is 0.733. The van der Waals surface area contributed by atoms with Crippen LogP contribution in [0.2, 0.25) is 0 Å². The zero-order valence-electron chi connectivity index (χ0n) is 12.1. The van der Waals surface area contributed by atoms with Gasteiger partial charge in [-0.25, -0.2) is 0 Å². The van der Waals surface area contributed by atoms with Crippen LogP contribution in [0.1, 0.15) is 50.0 Å². The largest absolute Gasteiger partial charge is 0.348 e. The van der Waals surface area contributed by atoms with Gasteiger partial charge in [-0.05, 0) is 66.8 Å². The zero-order chi connectivity index (χ0) is 14.3. The highest BCUT2D eigenvalue weighted by Gasteiger charge is 2.42. The van der Waals surface area contributed by atoms with Gasteiger partial charge in [0.05, 0.1) is 10.7 Å². The number of carbonyl (C=O) groups excluding carboxylic acids is 1. The third kappa shape index (κ3) is 2.41. The van der Waals surface area contributed by atoms with Gasteiger partial charge in [-0.1, -0.05) is 6.42 Å². The number of hydrogen-bond donors (Lipinski definition) is 1. The molecule has 1 aromatic heterocycles. The number of hydrogen-bond acceptors (Lipinski definition) is 2. The number of fused-ring (bicyclic) bond motifs is 2. The van der Waals surface area contributed by atoms with E-state index in [0.29, 0.717) is 18.2 Å². The maximum absolute atomic E-state index is 12.5. The van der Waals surface area contributed by atoms with Crippen LogP contribution in [-0.4, -0.2) is 21.7 Å². The Balaban J connectivity index is 1.68. The van der Waals surface area contributed by atoms with Crippen LogP contribution in [0.15, 0.2) is 10.7 Å². The summed E-state index contributed by atoms with van der Waals surface area (Å²) in [5.74, 6) is 2.40. The molecule has 1 N–H and O–H groups in total. The molecule has 1 aromatic rings. The Morgan fingerprint density at radius 3 is 2.95 bits per heavy atom. The normalized spacial score (nSPS) is 29.6. The molecule has 1 heterocycles. The van der Waals surface area contributed by atoms with Crippen molar-refractivity contribution in [3.8, 4) is 0 Å². The van der Waals surface area contributed by atoms with Gasteiger partial charge in [0.15, 0.2) is 0 Å². The van der Waals surface area contributed by atoms with Crippen molar-refractivity contribution in [2.75, 3.05) is 0 Å². The van der Waals surface area contributed by atoms with Gasteiger partial charge in [-0.3, -0.25) is 9.48 Å². The summed E-state index contributed by atoms with van der Waals surface area (Å²) in [6, 6.07) is 0.255. The SMILES string of the molecule is CCn1ncc(Br)c1C(=O)N[C@@H](C)[C@@H]1C[C@H]2CC[C@H]1C2. The second kappa shape index (κ2) is 5.51. The van der Waals surface area contributed by atoms with Crippen LogP contribution in [-0.2, 0) is 6.54 Å². The van der Waals surface area contributed by atoms with Crippen LogP contribution in [0.4, 0.5) is 0 Å². The van der Waals surface area contributed by atoms with Crippen LogP contribution < -0.4 is 5.32 Å². The average molecular weight is 340 g/mol. The summed E-state index contributed by atoms with van der Waals surface area (Å²) in [6.45, 7) is 4.86. The van der Waals surface area contributed by atoms with Crippen molar-refractivity contribution in [1.29, 1.82) is 0 Å². The molecule has 2 saturated carbocycles. The van der Waals surface area contributed by atoms with E-state index in [2.05, 4.69) is 33.3 Å². The van der Waals surface area contributed by atoms with E-state index in [1.54, 1.807) is 10.9 Å². The van der Waals surface area contributed by atoms with Crippen molar-refractivity contribution in [2.24, 2.45) is 17.8 Å². The summed E-state index contributed by atoms with van der Waals surface area (Å²) in [6.07, 6.45) is 7.12. The molecule has 20 heavy (non-hydrogen) atoms. The molecule has 4 nitrogen and oxygen atoms in total. The molecule has 2 aliphatic rings. The minimum absolute atomic E-state index is 0.00787. The Kier molecular flexibility index (Phi) is 3.89. The summed E-state index contributed by atoms with van der Waals surface area (Å²) in [5, 5.41) is 7.40. The molecule has 0 radical (unpaired) electrons. The molecule has 0 aliphatic heterocycles. The first kappa shape index (κ1) is 14.1. The highest BCUT2D eigenvalue weighted by atomic mass is 79.9. The lowest BCUT2D eigenvalue weighted by molar-refractivity contribution is 0.0903. The van der Waals surface area contributed by atoms with E-state index in [4.69, 9.17) is 0 Å². The van der Waals surface area contributed by atoms with Gasteiger partial charge >= 0.3 is 0 Å². The van der Waals surface area contributed by atoms with Crippen LogP contribution in [0.25, 0.3) is 0 Å². The molecule has 2 bridgehead atoms. The Morgan fingerprint density at radius 1 is 1.55 bits per heavy atom. The number of nitrogens with zero attached hydrogens (tertiary/aromatic N) is 2. The van der Waals surface area contributed by atoms with Crippen molar-refractivity contribution in [2.45, 2.75) is 52.1 Å². The summed E-state index contributed by atoms with van der Waals surface area (Å²) >= 11 is 3.42. The van der Waals surface area contributed by atoms with Crippen LogP contribution in [0, 0.1) is 17.8 Å². The van der Waals surface area contributed by atoms with E-state index in [-0.39, 0.29) is 11.9 Å². The minimum Gasteiger partial charge on any atom is -0.348 e. The van der Waals surface area contributed by atoms with E-state index in [1.807, 2.05) is 6.92 Å². The second-order valence-electron chi connectivity index (χ2n) is 6.26.